The van der Waals surface area contributed by atoms with Crippen LogP contribution >= 0.6 is 0 Å². The van der Waals surface area contributed by atoms with Crippen LogP contribution in [0.3, 0.4) is 0 Å². The summed E-state index contributed by atoms with van der Waals surface area (Å²) < 4.78 is 0. The van der Waals surface area contributed by atoms with Gasteiger partial charge in [0.15, 0.2) is 0 Å². The van der Waals surface area contributed by atoms with Gasteiger partial charge in [-0.1, -0.05) is 188 Å². The highest BCUT2D eigenvalue weighted by molar-refractivity contribution is 5.86. The molecule has 0 spiro atoms. The molecule has 1 aliphatic rings. The second-order valence-electron chi connectivity index (χ2n) is 13.3. The second-order valence-corrected chi connectivity index (χ2v) is 13.3. The standard InChI is InChI=1S/C49H44/c1-36(34-48(42-18-7-4-8-19-42)46-26-14-11-21-40-20-9-12-24-44(40)46)28-29-37(2)39-30-32-43(33-31-39)49(35-38-16-5-3-6-17-38)47-27-15-23-41-22-10-13-25-45(41)47/h3-13,15-33,48-49H,14,34-35H2,1-2H3/b36-28+,37-29+. The van der Waals surface area contributed by atoms with Gasteiger partial charge in [-0.25, -0.2) is 0 Å². The first kappa shape index (κ1) is 32.1. The van der Waals surface area contributed by atoms with E-state index in [2.05, 4.69) is 196 Å². The van der Waals surface area contributed by atoms with Crippen molar-refractivity contribution >= 4 is 28.0 Å². The van der Waals surface area contributed by atoms with E-state index >= 15 is 0 Å². The molecule has 0 aliphatic heterocycles. The molecule has 7 rings (SSSR count). The summed E-state index contributed by atoms with van der Waals surface area (Å²) in [5, 5.41) is 2.63. The van der Waals surface area contributed by atoms with Crippen molar-refractivity contribution in [3.8, 4) is 0 Å². The molecule has 240 valence electrons. The smallest absolute Gasteiger partial charge is 0.0136 e. The third-order valence-corrected chi connectivity index (χ3v) is 10.0. The predicted octanol–water partition coefficient (Wildman–Crippen LogP) is 13.2. The molecule has 6 aromatic rings. The van der Waals surface area contributed by atoms with Gasteiger partial charge in [-0.2, -0.15) is 0 Å². The molecule has 49 heavy (non-hydrogen) atoms. The fraction of sp³-hybridized carbons (Fsp3) is 0.143. The maximum Gasteiger partial charge on any atom is 0.0136 e. The lowest BCUT2D eigenvalue weighted by Crippen LogP contribution is -2.06. The van der Waals surface area contributed by atoms with Crippen molar-refractivity contribution in [1.29, 1.82) is 0 Å². The van der Waals surface area contributed by atoms with Gasteiger partial charge in [-0.3, -0.25) is 0 Å². The van der Waals surface area contributed by atoms with Crippen molar-refractivity contribution in [3.05, 3.63) is 220 Å². The Hall–Kier alpha value is -5.46. The molecule has 0 bridgehead atoms. The van der Waals surface area contributed by atoms with E-state index in [0.29, 0.717) is 5.92 Å². The zero-order chi connectivity index (χ0) is 33.4. The van der Waals surface area contributed by atoms with Gasteiger partial charge in [0.2, 0.25) is 0 Å². The first-order valence-electron chi connectivity index (χ1n) is 17.6. The van der Waals surface area contributed by atoms with Gasteiger partial charge in [-0.15, -0.1) is 0 Å². The lowest BCUT2D eigenvalue weighted by Gasteiger charge is -2.23. The minimum atomic E-state index is 0.266. The SMILES string of the molecule is C/C(=C\C=C(/C)c1ccc(C(Cc2ccccc2)c2cccc3ccccc23)cc1)CC(C1=CCC=Cc2ccccc21)c1ccccc1. The molecule has 0 aromatic heterocycles. The van der Waals surface area contributed by atoms with E-state index in [1.807, 2.05) is 0 Å². The van der Waals surface area contributed by atoms with E-state index in [4.69, 9.17) is 0 Å². The Morgan fingerprint density at radius 3 is 2.10 bits per heavy atom. The van der Waals surface area contributed by atoms with Crippen LogP contribution in [0, 0.1) is 0 Å². The van der Waals surface area contributed by atoms with Gasteiger partial charge < -0.3 is 0 Å². The van der Waals surface area contributed by atoms with Gasteiger partial charge in [0.05, 0.1) is 0 Å². The number of fused-ring (bicyclic) bond motifs is 2. The van der Waals surface area contributed by atoms with E-state index < -0.39 is 0 Å². The molecule has 0 saturated heterocycles. The molecule has 0 heterocycles. The molecule has 2 atom stereocenters. The minimum Gasteiger partial charge on any atom is -0.0801 e. The van der Waals surface area contributed by atoms with E-state index in [9.17, 15) is 0 Å². The normalized spacial score (nSPS) is 14.5. The Morgan fingerprint density at radius 1 is 0.612 bits per heavy atom. The van der Waals surface area contributed by atoms with Crippen LogP contribution in [0.5, 0.6) is 0 Å². The molecule has 1 aliphatic carbocycles. The molecule has 2 unspecified atom stereocenters. The molecule has 0 amide bonds. The Bertz CT molecular complexity index is 2130. The van der Waals surface area contributed by atoms with Crippen molar-refractivity contribution in [3.63, 3.8) is 0 Å². The van der Waals surface area contributed by atoms with Crippen LogP contribution in [0.25, 0.3) is 28.0 Å². The molecule has 0 nitrogen and oxygen atoms in total. The highest BCUT2D eigenvalue weighted by Gasteiger charge is 2.21. The lowest BCUT2D eigenvalue weighted by molar-refractivity contribution is 0.812. The number of hydrogen-bond donors (Lipinski definition) is 0. The molecule has 0 heteroatoms. The average Bonchev–Trinajstić information content (AvgIpc) is 3.38. The van der Waals surface area contributed by atoms with Crippen LogP contribution in [0.4, 0.5) is 0 Å². The molecule has 6 aromatic carbocycles. The second kappa shape index (κ2) is 15.2. The summed E-state index contributed by atoms with van der Waals surface area (Å²) in [6, 6.07) is 55.5. The summed E-state index contributed by atoms with van der Waals surface area (Å²) in [5.41, 5.74) is 13.4. The van der Waals surface area contributed by atoms with Gasteiger partial charge >= 0.3 is 0 Å². The zero-order valence-corrected chi connectivity index (χ0v) is 28.6. The topological polar surface area (TPSA) is 0 Å². The van der Waals surface area contributed by atoms with Gasteiger partial charge in [0.1, 0.15) is 0 Å². The van der Waals surface area contributed by atoms with E-state index in [1.165, 1.54) is 66.4 Å². The van der Waals surface area contributed by atoms with Gasteiger partial charge in [-0.05, 0) is 94.0 Å². The fourth-order valence-corrected chi connectivity index (χ4v) is 7.37. The zero-order valence-electron chi connectivity index (χ0n) is 28.6. The van der Waals surface area contributed by atoms with Crippen LogP contribution in [0.15, 0.2) is 182 Å². The molecule has 0 radical (unpaired) electrons. The van der Waals surface area contributed by atoms with Crippen LogP contribution in [-0.4, -0.2) is 0 Å². The Balaban J connectivity index is 1.15. The van der Waals surface area contributed by atoms with Gasteiger partial charge in [0.25, 0.3) is 0 Å². The van der Waals surface area contributed by atoms with E-state index in [0.717, 1.165) is 19.3 Å². The first-order valence-corrected chi connectivity index (χ1v) is 17.6. The molecule has 0 fully saturated rings. The maximum atomic E-state index is 2.43. The third-order valence-electron chi connectivity index (χ3n) is 10.0. The van der Waals surface area contributed by atoms with Crippen LogP contribution in [-0.2, 0) is 6.42 Å². The quantitative estimate of drug-likeness (QED) is 0.132. The van der Waals surface area contributed by atoms with E-state index in [1.54, 1.807) is 0 Å². The van der Waals surface area contributed by atoms with Crippen LogP contribution in [0.2, 0.25) is 0 Å². The maximum absolute atomic E-state index is 2.43. The number of hydrogen-bond acceptors (Lipinski definition) is 0. The van der Waals surface area contributed by atoms with Gasteiger partial charge in [0, 0.05) is 11.8 Å². The third kappa shape index (κ3) is 7.50. The highest BCUT2D eigenvalue weighted by Crippen LogP contribution is 2.40. The molecular formula is C49H44. The fourth-order valence-electron chi connectivity index (χ4n) is 7.37. The summed E-state index contributed by atoms with van der Waals surface area (Å²) in [7, 11) is 0. The predicted molar refractivity (Wildman–Crippen MR) is 212 cm³/mol. The van der Waals surface area contributed by atoms with Crippen molar-refractivity contribution in [2.45, 2.75) is 44.9 Å². The Morgan fingerprint density at radius 2 is 1.29 bits per heavy atom. The summed E-state index contributed by atoms with van der Waals surface area (Å²) >= 11 is 0. The lowest BCUT2D eigenvalue weighted by atomic mass is 9.81. The monoisotopic (exact) mass is 632 g/mol. The molecule has 0 N–H and O–H groups in total. The average molecular weight is 633 g/mol. The molecular weight excluding hydrogens is 589 g/mol. The van der Waals surface area contributed by atoms with Crippen LogP contribution < -0.4 is 0 Å². The summed E-state index contributed by atoms with van der Waals surface area (Å²) in [6.07, 6.45) is 14.5. The summed E-state index contributed by atoms with van der Waals surface area (Å²) in [5.74, 6) is 0.560. The minimum absolute atomic E-state index is 0.266. The summed E-state index contributed by atoms with van der Waals surface area (Å²) in [4.78, 5) is 0. The van der Waals surface area contributed by atoms with Crippen molar-refractivity contribution in [2.75, 3.05) is 0 Å². The van der Waals surface area contributed by atoms with Crippen LogP contribution in [0.1, 0.15) is 77.5 Å². The Kier molecular flexibility index (Phi) is 9.95. The number of allylic oxidation sites excluding steroid dienone is 7. The number of rotatable bonds is 10. The largest absolute Gasteiger partial charge is 0.0801 e. The highest BCUT2D eigenvalue weighted by atomic mass is 14.3. The van der Waals surface area contributed by atoms with Crippen molar-refractivity contribution in [1.82, 2.24) is 0 Å². The Labute approximate surface area is 292 Å². The molecule has 0 saturated carbocycles. The van der Waals surface area contributed by atoms with Crippen molar-refractivity contribution in [2.24, 2.45) is 0 Å². The van der Waals surface area contributed by atoms with E-state index in [-0.39, 0.29) is 5.92 Å². The number of benzene rings is 6. The van der Waals surface area contributed by atoms with Crippen molar-refractivity contribution < 1.29 is 0 Å². The first-order chi connectivity index (χ1) is 24.1. The summed E-state index contributed by atoms with van der Waals surface area (Å²) in [6.45, 7) is 4.51.